The van der Waals surface area contributed by atoms with Crippen LogP contribution in [0.3, 0.4) is 0 Å². The van der Waals surface area contributed by atoms with Crippen LogP contribution in [0.15, 0.2) is 48.5 Å². The number of carbonyl (C=O) groups excluding carboxylic acids is 9. The van der Waals surface area contributed by atoms with Crippen LogP contribution in [0.5, 0.6) is 11.5 Å². The van der Waals surface area contributed by atoms with Crippen molar-refractivity contribution in [2.45, 2.75) is 185 Å². The molecule has 0 spiro atoms. The number of aromatic hydroxyl groups is 2. The Hall–Kier alpha value is -6.21. The first-order chi connectivity index (χ1) is 37.4. The van der Waals surface area contributed by atoms with Gasteiger partial charge in [-0.2, -0.15) is 0 Å². The van der Waals surface area contributed by atoms with E-state index in [0.717, 1.165) is 6.42 Å². The van der Waals surface area contributed by atoms with Crippen molar-refractivity contribution in [3.05, 3.63) is 59.7 Å². The molecule has 0 aromatic heterocycles. The highest BCUT2D eigenvalue weighted by Crippen LogP contribution is 2.39. The van der Waals surface area contributed by atoms with E-state index in [9.17, 15) is 53.4 Å². The van der Waals surface area contributed by atoms with Crippen molar-refractivity contribution in [3.8, 4) is 11.5 Å². The zero-order valence-electron chi connectivity index (χ0n) is 45.5. The van der Waals surface area contributed by atoms with Gasteiger partial charge in [0.05, 0.1) is 24.0 Å². The molecule has 0 bridgehead atoms. The molecule has 1 unspecified atom stereocenters. The molecule has 6 amide bonds. The SMILES string of the molecule is CC(=O)N[C@H]1CCC[C@@H]1C(=O)N[C@@H](CCCCN)C(=O)C[C@H]1CCC[C@@H]1C(=O)N[C@@H](Cc1ccc(O)cc1)C(=O)C[C@H]1CCC[C@@H]1C(=O)N[C@@H](CCCCN)C(=O)CC1CCC[C@@H]1C(=O)N[C@@H](Cc1ccc(O)cc1)C(N)=O. The fourth-order valence-electron chi connectivity index (χ4n) is 12.7. The molecule has 4 fully saturated rings. The second kappa shape index (κ2) is 30.2. The number of benzene rings is 2. The maximum absolute atomic E-state index is 14.6. The molecule has 13 N–H and O–H groups in total. The van der Waals surface area contributed by atoms with E-state index in [1.807, 2.05) is 0 Å². The topological polar surface area (TPSA) is 332 Å². The molecular weight excluding hydrogens is 997 g/mol. The zero-order chi connectivity index (χ0) is 56.3. The molecule has 2 aromatic carbocycles. The largest absolute Gasteiger partial charge is 0.508 e. The molecule has 6 rings (SSSR count). The Morgan fingerprint density at radius 2 is 0.821 bits per heavy atom. The summed E-state index contributed by atoms with van der Waals surface area (Å²) in [6.45, 7) is 2.25. The van der Waals surface area contributed by atoms with Gasteiger partial charge in [0, 0.05) is 56.4 Å². The Balaban J connectivity index is 1.09. The van der Waals surface area contributed by atoms with Crippen LogP contribution in [0.25, 0.3) is 0 Å². The van der Waals surface area contributed by atoms with Gasteiger partial charge in [0.2, 0.25) is 35.4 Å². The van der Waals surface area contributed by atoms with Gasteiger partial charge in [0.15, 0.2) is 17.3 Å². The average molecular weight is 1080 g/mol. The van der Waals surface area contributed by atoms with Crippen LogP contribution >= 0.6 is 0 Å². The number of ketones is 3. The lowest BCUT2D eigenvalue weighted by molar-refractivity contribution is -0.134. The molecular formula is C59H86N8O11. The Morgan fingerprint density at radius 3 is 1.22 bits per heavy atom. The predicted octanol–water partition coefficient (Wildman–Crippen LogP) is 4.00. The number of hydrogen-bond donors (Lipinski definition) is 10. The number of amides is 6. The number of phenols is 2. The number of carbonyl (C=O) groups is 9. The molecule has 0 aliphatic heterocycles. The molecule has 428 valence electrons. The Morgan fingerprint density at radius 1 is 0.474 bits per heavy atom. The lowest BCUT2D eigenvalue weighted by Gasteiger charge is -2.27. The molecule has 0 saturated heterocycles. The number of Topliss-reactive ketones (excluding diaryl/α,β-unsaturated/α-hetero) is 3. The lowest BCUT2D eigenvalue weighted by atomic mass is 9.85. The molecule has 19 nitrogen and oxygen atoms in total. The number of rotatable bonds is 31. The van der Waals surface area contributed by atoms with Crippen molar-refractivity contribution < 1.29 is 53.4 Å². The lowest BCUT2D eigenvalue weighted by Crippen LogP contribution is -2.49. The fourth-order valence-corrected chi connectivity index (χ4v) is 12.7. The second-order valence-corrected chi connectivity index (χ2v) is 22.7. The van der Waals surface area contributed by atoms with Gasteiger partial charge in [-0.15, -0.1) is 0 Å². The molecule has 4 aliphatic rings. The number of phenolic OH excluding ortho intramolecular Hbond substituents is 2. The fraction of sp³-hybridized carbons (Fsp3) is 0.644. The summed E-state index contributed by atoms with van der Waals surface area (Å²) in [5.74, 6) is -5.95. The summed E-state index contributed by atoms with van der Waals surface area (Å²) in [5.41, 5.74) is 18.7. The van der Waals surface area contributed by atoms with Gasteiger partial charge in [0.25, 0.3) is 0 Å². The summed E-state index contributed by atoms with van der Waals surface area (Å²) in [6, 6.07) is 8.75. The van der Waals surface area contributed by atoms with Crippen molar-refractivity contribution in [1.82, 2.24) is 26.6 Å². The van der Waals surface area contributed by atoms with Crippen LogP contribution in [0.2, 0.25) is 0 Å². The van der Waals surface area contributed by atoms with E-state index in [4.69, 9.17) is 17.2 Å². The van der Waals surface area contributed by atoms with Crippen LogP contribution in [-0.2, 0) is 56.0 Å². The normalized spacial score (nSPS) is 24.3. The van der Waals surface area contributed by atoms with E-state index in [0.29, 0.717) is 133 Å². The van der Waals surface area contributed by atoms with E-state index in [1.165, 1.54) is 31.2 Å². The van der Waals surface area contributed by atoms with E-state index in [1.54, 1.807) is 24.3 Å². The van der Waals surface area contributed by atoms with Crippen molar-refractivity contribution in [2.75, 3.05) is 13.1 Å². The average Bonchev–Trinajstić information content (AvgIpc) is 4.26. The van der Waals surface area contributed by atoms with Crippen LogP contribution in [-0.4, -0.2) is 106 Å². The van der Waals surface area contributed by atoms with Crippen molar-refractivity contribution in [3.63, 3.8) is 0 Å². The van der Waals surface area contributed by atoms with E-state index in [2.05, 4.69) is 26.6 Å². The van der Waals surface area contributed by atoms with Crippen LogP contribution in [0, 0.1) is 41.4 Å². The van der Waals surface area contributed by atoms with Crippen LogP contribution < -0.4 is 43.8 Å². The Kier molecular flexibility index (Phi) is 23.6. The highest BCUT2D eigenvalue weighted by Gasteiger charge is 2.42. The monoisotopic (exact) mass is 1080 g/mol. The minimum Gasteiger partial charge on any atom is -0.508 e. The highest BCUT2D eigenvalue weighted by atomic mass is 16.3. The third-order valence-electron chi connectivity index (χ3n) is 17.0. The van der Waals surface area contributed by atoms with Gasteiger partial charge in [-0.1, -0.05) is 49.9 Å². The van der Waals surface area contributed by atoms with Crippen LogP contribution in [0.4, 0.5) is 0 Å². The summed E-state index contributed by atoms with van der Waals surface area (Å²) >= 11 is 0. The predicted molar refractivity (Wildman–Crippen MR) is 293 cm³/mol. The van der Waals surface area contributed by atoms with Crippen LogP contribution in [0.1, 0.15) is 153 Å². The van der Waals surface area contributed by atoms with Crippen molar-refractivity contribution in [1.29, 1.82) is 0 Å². The number of primary amides is 1. The summed E-state index contributed by atoms with van der Waals surface area (Å²) in [5, 5.41) is 34.5. The highest BCUT2D eigenvalue weighted by molar-refractivity contribution is 5.94. The van der Waals surface area contributed by atoms with Gasteiger partial charge in [-0.25, -0.2) is 0 Å². The Bertz CT molecular complexity index is 2380. The number of hydrogen-bond acceptors (Lipinski definition) is 13. The van der Waals surface area contributed by atoms with Gasteiger partial charge < -0.3 is 54.0 Å². The first kappa shape index (κ1) is 61.0. The Labute approximate surface area is 458 Å². The van der Waals surface area contributed by atoms with Gasteiger partial charge in [0.1, 0.15) is 17.5 Å². The standard InChI is InChI=1S/C59H86N8O11/c1-35(68)63-47-19-9-16-46(47)59(78)65-49(18-3-5-29-61)53(72)32-38-10-6-14-44(38)57(76)66-50(30-36-20-24-41(69)25-21-36)54(73)34-40-12-8-13-43(40)56(75)64-48(17-2-4-28-60)52(71)33-39-11-7-15-45(39)58(77)67-51(55(62)74)31-37-22-26-42(70)27-23-37/h20-27,38-40,43-51,69-70H,2-19,28-34,60-61H2,1H3,(H2,62,74)(H,63,68)(H,64,75)(H,65,78)(H,66,76)(H,67,77)/t38-,39?,40-,43+,44+,45+,46+,47+,48+,49+,50+,51+/m1/s1. The third-order valence-corrected chi connectivity index (χ3v) is 17.0. The van der Waals surface area contributed by atoms with Gasteiger partial charge in [-0.05, 0) is 163 Å². The number of nitrogens with one attached hydrogen (secondary N) is 5. The first-order valence-electron chi connectivity index (χ1n) is 28.8. The van der Waals surface area contributed by atoms with E-state index < -0.39 is 53.7 Å². The van der Waals surface area contributed by atoms with Crippen molar-refractivity contribution in [2.24, 2.45) is 58.6 Å². The smallest absolute Gasteiger partial charge is 0.240 e. The van der Waals surface area contributed by atoms with Gasteiger partial charge >= 0.3 is 0 Å². The summed E-state index contributed by atoms with van der Waals surface area (Å²) in [6.07, 6.45) is 11.1. The molecule has 12 atom stereocenters. The summed E-state index contributed by atoms with van der Waals surface area (Å²) < 4.78 is 0. The molecule has 2 aromatic rings. The summed E-state index contributed by atoms with van der Waals surface area (Å²) in [4.78, 5) is 123. The molecule has 0 radical (unpaired) electrons. The quantitative estimate of drug-likeness (QED) is 0.0478. The maximum atomic E-state index is 14.6. The van der Waals surface area contributed by atoms with Crippen molar-refractivity contribution >= 4 is 52.8 Å². The number of nitrogens with two attached hydrogens (primary N) is 3. The molecule has 4 aliphatic carbocycles. The molecule has 19 heteroatoms. The maximum Gasteiger partial charge on any atom is 0.240 e. The second-order valence-electron chi connectivity index (χ2n) is 22.7. The number of unbranched alkanes of at least 4 members (excludes halogenated alkanes) is 2. The molecule has 4 saturated carbocycles. The first-order valence-corrected chi connectivity index (χ1v) is 28.8. The third kappa shape index (κ3) is 17.9. The minimum atomic E-state index is -0.997. The minimum absolute atomic E-state index is 0.00857. The zero-order valence-corrected chi connectivity index (χ0v) is 45.5. The molecule has 78 heavy (non-hydrogen) atoms. The van der Waals surface area contributed by atoms with E-state index >= 15 is 0 Å². The molecule has 0 heterocycles. The van der Waals surface area contributed by atoms with Gasteiger partial charge in [-0.3, -0.25) is 43.2 Å². The van der Waals surface area contributed by atoms with E-state index in [-0.39, 0.29) is 114 Å². The summed E-state index contributed by atoms with van der Waals surface area (Å²) in [7, 11) is 0.